The van der Waals surface area contributed by atoms with Crippen molar-refractivity contribution in [3.8, 4) is 0 Å². The second-order valence-electron chi connectivity index (χ2n) is 6.20. The smallest absolute Gasteiger partial charge is 0.306 e. The number of nitrogens with two attached hydrogens (primary N) is 1. The number of ether oxygens (including phenoxy) is 3. The lowest BCUT2D eigenvalue weighted by Crippen LogP contribution is -2.41. The summed E-state index contributed by atoms with van der Waals surface area (Å²) >= 11 is 0. The highest BCUT2D eigenvalue weighted by molar-refractivity contribution is 5.70. The SMILES string of the molecule is COC(=O)CCN(CCNCCN)CCN(CCC(=O)OC)CCC(=O)OC. The van der Waals surface area contributed by atoms with Gasteiger partial charge in [0.25, 0.3) is 0 Å². The van der Waals surface area contributed by atoms with Crippen molar-refractivity contribution in [2.45, 2.75) is 19.3 Å². The first-order valence-electron chi connectivity index (χ1n) is 9.52. The average molecular weight is 405 g/mol. The van der Waals surface area contributed by atoms with E-state index >= 15 is 0 Å². The maximum Gasteiger partial charge on any atom is 0.306 e. The molecule has 10 heteroatoms. The standard InChI is InChI=1S/C18H36N4O6/c1-26-16(23)4-10-21(11-5-17(24)27-2)14-15-22(12-6-18(25)28-3)13-9-20-8-7-19/h20H,4-15,19H2,1-3H3. The largest absolute Gasteiger partial charge is 0.469 e. The lowest BCUT2D eigenvalue weighted by Gasteiger charge is -2.27. The van der Waals surface area contributed by atoms with Crippen molar-refractivity contribution in [2.75, 3.05) is 80.2 Å². The molecular formula is C18H36N4O6. The third-order valence-corrected chi connectivity index (χ3v) is 4.24. The monoisotopic (exact) mass is 404 g/mol. The molecular weight excluding hydrogens is 368 g/mol. The fourth-order valence-electron chi connectivity index (χ4n) is 2.47. The van der Waals surface area contributed by atoms with Gasteiger partial charge in [0, 0.05) is 58.9 Å². The lowest BCUT2D eigenvalue weighted by atomic mass is 10.3. The predicted octanol–water partition coefficient (Wildman–Crippen LogP) is -1.17. The first kappa shape index (κ1) is 26.2. The van der Waals surface area contributed by atoms with Crippen molar-refractivity contribution >= 4 is 17.9 Å². The summed E-state index contributed by atoms with van der Waals surface area (Å²) in [6.45, 7) is 5.67. The van der Waals surface area contributed by atoms with Crippen molar-refractivity contribution in [2.24, 2.45) is 5.73 Å². The number of hydrogen-bond donors (Lipinski definition) is 2. The van der Waals surface area contributed by atoms with Crippen molar-refractivity contribution in [3.05, 3.63) is 0 Å². The van der Waals surface area contributed by atoms with Gasteiger partial charge in [0.15, 0.2) is 0 Å². The molecule has 0 saturated carbocycles. The van der Waals surface area contributed by atoms with Gasteiger partial charge >= 0.3 is 17.9 Å². The van der Waals surface area contributed by atoms with Crippen molar-refractivity contribution in [1.82, 2.24) is 15.1 Å². The Morgan fingerprint density at radius 3 is 1.43 bits per heavy atom. The number of carbonyl (C=O) groups excluding carboxylic acids is 3. The summed E-state index contributed by atoms with van der Waals surface area (Å²) in [4.78, 5) is 38.5. The summed E-state index contributed by atoms with van der Waals surface area (Å²) in [5, 5.41) is 3.23. The molecule has 0 aromatic carbocycles. The lowest BCUT2D eigenvalue weighted by molar-refractivity contribution is -0.142. The number of nitrogens with zero attached hydrogens (tertiary/aromatic N) is 2. The Morgan fingerprint density at radius 1 is 0.679 bits per heavy atom. The van der Waals surface area contributed by atoms with E-state index in [4.69, 9.17) is 10.5 Å². The van der Waals surface area contributed by atoms with Gasteiger partial charge in [-0.15, -0.1) is 0 Å². The third kappa shape index (κ3) is 14.3. The van der Waals surface area contributed by atoms with E-state index in [1.165, 1.54) is 21.3 Å². The van der Waals surface area contributed by atoms with Gasteiger partial charge in [0.1, 0.15) is 0 Å². The zero-order valence-electron chi connectivity index (χ0n) is 17.4. The highest BCUT2D eigenvalue weighted by Gasteiger charge is 2.14. The first-order valence-corrected chi connectivity index (χ1v) is 9.52. The molecule has 0 bridgehead atoms. The number of carbonyl (C=O) groups is 3. The van der Waals surface area contributed by atoms with Crippen molar-refractivity contribution < 1.29 is 28.6 Å². The Morgan fingerprint density at radius 2 is 1.07 bits per heavy atom. The zero-order valence-corrected chi connectivity index (χ0v) is 17.4. The van der Waals surface area contributed by atoms with Gasteiger partial charge in [-0.3, -0.25) is 14.4 Å². The molecule has 0 aliphatic carbocycles. The molecule has 0 heterocycles. The number of nitrogens with one attached hydrogen (secondary N) is 1. The Balaban J connectivity index is 4.64. The van der Waals surface area contributed by atoms with Crippen LogP contribution in [0.4, 0.5) is 0 Å². The first-order chi connectivity index (χ1) is 13.5. The van der Waals surface area contributed by atoms with Crippen LogP contribution in [0.15, 0.2) is 0 Å². The van der Waals surface area contributed by atoms with Gasteiger partial charge in [-0.1, -0.05) is 0 Å². The molecule has 0 atom stereocenters. The van der Waals surface area contributed by atoms with Crippen molar-refractivity contribution in [3.63, 3.8) is 0 Å². The van der Waals surface area contributed by atoms with Crippen LogP contribution in [0.2, 0.25) is 0 Å². The molecule has 0 radical (unpaired) electrons. The molecule has 0 saturated heterocycles. The van der Waals surface area contributed by atoms with Gasteiger partial charge in [-0.25, -0.2) is 0 Å². The Bertz CT molecular complexity index is 430. The molecule has 0 aliphatic rings. The van der Waals surface area contributed by atoms with Crippen LogP contribution in [-0.2, 0) is 28.6 Å². The van der Waals surface area contributed by atoms with Gasteiger partial charge < -0.3 is 35.1 Å². The van der Waals surface area contributed by atoms with Gasteiger partial charge in [0.05, 0.1) is 40.6 Å². The molecule has 0 aromatic rings. The van der Waals surface area contributed by atoms with Crippen LogP contribution < -0.4 is 11.1 Å². The van der Waals surface area contributed by atoms with E-state index in [0.717, 1.165) is 19.6 Å². The normalized spacial score (nSPS) is 10.9. The number of rotatable bonds is 17. The van der Waals surface area contributed by atoms with Crippen LogP contribution in [-0.4, -0.2) is 108 Å². The fraction of sp³-hybridized carbons (Fsp3) is 0.833. The van der Waals surface area contributed by atoms with Crippen LogP contribution >= 0.6 is 0 Å². The molecule has 164 valence electrons. The Labute approximate surface area is 167 Å². The van der Waals surface area contributed by atoms with E-state index in [1.807, 2.05) is 4.90 Å². The van der Waals surface area contributed by atoms with Crippen LogP contribution in [0.1, 0.15) is 19.3 Å². The molecule has 10 nitrogen and oxygen atoms in total. The summed E-state index contributed by atoms with van der Waals surface area (Å²) < 4.78 is 14.1. The summed E-state index contributed by atoms with van der Waals surface area (Å²) in [7, 11) is 4.07. The molecule has 0 rings (SSSR count). The summed E-state index contributed by atoms with van der Waals surface area (Å²) in [6.07, 6.45) is 0.799. The van der Waals surface area contributed by atoms with E-state index < -0.39 is 0 Å². The molecule has 0 unspecified atom stereocenters. The second-order valence-corrected chi connectivity index (χ2v) is 6.20. The van der Waals surface area contributed by atoms with E-state index in [-0.39, 0.29) is 30.7 Å². The van der Waals surface area contributed by atoms with Crippen LogP contribution in [0.3, 0.4) is 0 Å². The average Bonchev–Trinajstić information content (AvgIpc) is 2.72. The van der Waals surface area contributed by atoms with Gasteiger partial charge in [0.2, 0.25) is 0 Å². The Kier molecular flexibility index (Phi) is 16.3. The third-order valence-electron chi connectivity index (χ3n) is 4.24. The second kappa shape index (κ2) is 17.4. The Hall–Kier alpha value is -1.75. The molecule has 28 heavy (non-hydrogen) atoms. The molecule has 0 amide bonds. The zero-order chi connectivity index (χ0) is 21.2. The number of methoxy groups -OCH3 is 3. The molecule has 0 fully saturated rings. The highest BCUT2D eigenvalue weighted by atomic mass is 16.5. The minimum atomic E-state index is -0.295. The predicted molar refractivity (Wildman–Crippen MR) is 105 cm³/mol. The number of esters is 3. The molecule has 0 aliphatic heterocycles. The van der Waals surface area contributed by atoms with Gasteiger partial charge in [-0.2, -0.15) is 0 Å². The maximum absolute atomic E-state index is 11.5. The van der Waals surface area contributed by atoms with Crippen LogP contribution in [0.5, 0.6) is 0 Å². The maximum atomic E-state index is 11.5. The molecule has 0 spiro atoms. The van der Waals surface area contributed by atoms with E-state index in [1.54, 1.807) is 0 Å². The molecule has 0 aromatic heterocycles. The van der Waals surface area contributed by atoms with E-state index in [9.17, 15) is 14.4 Å². The minimum absolute atomic E-state index is 0.248. The quantitative estimate of drug-likeness (QED) is 0.174. The summed E-state index contributed by atoms with van der Waals surface area (Å²) in [5.74, 6) is -0.846. The van der Waals surface area contributed by atoms with E-state index in [0.29, 0.717) is 45.7 Å². The minimum Gasteiger partial charge on any atom is -0.469 e. The van der Waals surface area contributed by atoms with Crippen molar-refractivity contribution in [1.29, 1.82) is 0 Å². The summed E-state index contributed by atoms with van der Waals surface area (Å²) in [5.41, 5.74) is 5.48. The summed E-state index contributed by atoms with van der Waals surface area (Å²) in [6, 6.07) is 0. The van der Waals surface area contributed by atoms with E-state index in [2.05, 4.69) is 19.7 Å². The topological polar surface area (TPSA) is 123 Å². The highest BCUT2D eigenvalue weighted by Crippen LogP contribution is 2.00. The van der Waals surface area contributed by atoms with Crippen LogP contribution in [0, 0.1) is 0 Å². The fourth-order valence-corrected chi connectivity index (χ4v) is 2.47. The van der Waals surface area contributed by atoms with Gasteiger partial charge in [-0.05, 0) is 0 Å². The van der Waals surface area contributed by atoms with Crippen LogP contribution in [0.25, 0.3) is 0 Å². The molecule has 3 N–H and O–H groups in total. The number of hydrogen-bond acceptors (Lipinski definition) is 10.